The number of aliphatic hydroxyl groups excluding tert-OH is 2. The lowest BCUT2D eigenvalue weighted by Crippen LogP contribution is -2.14. The van der Waals surface area contributed by atoms with Gasteiger partial charge in [0.1, 0.15) is 57.9 Å². The topological polar surface area (TPSA) is 429 Å². The number of nitrogens with two attached hydrogens (primary N) is 5. The van der Waals surface area contributed by atoms with Crippen LogP contribution in [0.4, 0.5) is 29.1 Å². The molecule has 2 aliphatic heterocycles. The minimum Gasteiger partial charge on any atom is -0.451 e. The number of pyridine rings is 5. The highest BCUT2D eigenvalue weighted by atomic mass is 16.5. The van der Waals surface area contributed by atoms with Gasteiger partial charge in [-0.2, -0.15) is 0 Å². The summed E-state index contributed by atoms with van der Waals surface area (Å²) in [6, 6.07) is 9.37. The van der Waals surface area contributed by atoms with Crippen molar-refractivity contribution in [3.05, 3.63) is 178 Å². The molecule has 12 N–H and O–H groups in total. The number of hydrogen-bond donors (Lipinski definition) is 7. The molecule has 10 aromatic rings. The van der Waals surface area contributed by atoms with Crippen LogP contribution < -0.4 is 52.4 Å². The van der Waals surface area contributed by atoms with Gasteiger partial charge in [-0.25, -0.2) is 49.8 Å². The van der Waals surface area contributed by atoms with Crippen molar-refractivity contribution in [3.63, 3.8) is 0 Å². The molecule has 2 unspecified atom stereocenters. The van der Waals surface area contributed by atoms with Gasteiger partial charge in [-0.05, 0) is 97.3 Å². The summed E-state index contributed by atoms with van der Waals surface area (Å²) in [6.07, 6.45) is 18.7. The van der Waals surface area contributed by atoms with Gasteiger partial charge in [-0.3, -0.25) is 24.9 Å². The number of anilines is 5. The van der Waals surface area contributed by atoms with E-state index in [4.69, 9.17) is 61.8 Å². The number of aryl methyl sites for hydroxylation is 5. The molecular formula is C81H108N20O9. The van der Waals surface area contributed by atoms with Crippen LogP contribution in [0.3, 0.4) is 0 Å². The second-order valence-electron chi connectivity index (χ2n) is 29.5. The molecule has 110 heavy (non-hydrogen) atoms. The van der Waals surface area contributed by atoms with Crippen molar-refractivity contribution in [2.24, 2.45) is 0 Å². The number of nitrogens with zero attached hydrogens (tertiary/aromatic N) is 15. The Kier molecular flexibility index (Phi) is 29.5. The molecule has 29 heteroatoms. The van der Waals surface area contributed by atoms with E-state index in [1.54, 1.807) is 104 Å². The fourth-order valence-electron chi connectivity index (χ4n) is 11.1. The Morgan fingerprint density at radius 1 is 0.364 bits per heavy atom. The first-order valence-corrected chi connectivity index (χ1v) is 36.9. The number of nitrogen functional groups attached to an aromatic ring is 5. The van der Waals surface area contributed by atoms with E-state index in [0.29, 0.717) is 123 Å². The van der Waals surface area contributed by atoms with Crippen molar-refractivity contribution in [1.82, 2.24) is 74.8 Å². The number of ether oxygens (including phenoxy) is 7. The molecule has 0 radical (unpaired) electrons. The van der Waals surface area contributed by atoms with Crippen molar-refractivity contribution in [2.45, 2.75) is 217 Å². The van der Waals surface area contributed by atoms with E-state index in [1.165, 1.54) is 0 Å². The van der Waals surface area contributed by atoms with Crippen LogP contribution in [0, 0.1) is 34.6 Å². The van der Waals surface area contributed by atoms with Crippen LogP contribution in [-0.2, 0) is 14.9 Å². The zero-order valence-electron chi connectivity index (χ0n) is 66.9. The smallest absolute Gasteiger partial charge is 0.187 e. The number of aliphatic hydroxyl groups is 2. The molecule has 2 aliphatic rings. The molecule has 4 atom stereocenters. The third-order valence-electron chi connectivity index (χ3n) is 17.5. The monoisotopic (exact) mass is 1500 g/mol. The summed E-state index contributed by atoms with van der Waals surface area (Å²) in [4.78, 5) is 63.4. The Labute approximate surface area is 644 Å². The fourth-order valence-corrected chi connectivity index (χ4v) is 11.1. The molecule has 0 aromatic carbocycles. The molecule has 0 saturated carbocycles. The number of aromatic nitrogens is 15. The predicted molar refractivity (Wildman–Crippen MR) is 424 cm³/mol. The summed E-state index contributed by atoms with van der Waals surface area (Å²) >= 11 is 0. The Bertz CT molecular complexity index is 4480. The van der Waals surface area contributed by atoms with Crippen LogP contribution in [0.5, 0.6) is 57.5 Å². The molecule has 0 spiro atoms. The van der Waals surface area contributed by atoms with E-state index in [1.807, 2.05) is 64.5 Å². The van der Waals surface area contributed by atoms with Crippen LogP contribution >= 0.6 is 0 Å². The maximum Gasteiger partial charge on any atom is 0.187 e. The summed E-state index contributed by atoms with van der Waals surface area (Å²) < 4.78 is 40.9. The quantitative estimate of drug-likeness (QED) is 0.0395. The number of hydrogen-bond acceptors (Lipinski definition) is 29. The minimum absolute atomic E-state index is 0.0465. The van der Waals surface area contributed by atoms with Gasteiger partial charge in [0.2, 0.25) is 0 Å². The van der Waals surface area contributed by atoms with Crippen molar-refractivity contribution in [2.75, 3.05) is 48.5 Å². The molecule has 586 valence electrons. The van der Waals surface area contributed by atoms with Gasteiger partial charge in [0.15, 0.2) is 57.8 Å². The SMILES string of the molecule is Cc1ncc(Oc2cc(C(C)(C)C)ncc2C(C)C)c(N)n1.Cc1ncc(Oc2cc(C3CCCO3)ncc2C(C)C)c(N)n1.Cc1ncc(Oc2cc(C3CCOC3)ncc2C(C)C)c(N)n1.Cc1ncc(Oc2cc([C@@H](C)O)ncc2C(C)C)c(N)n1.Cc1ncc(Oc2cc([C@H](C)O)ncc2C(C)C)c(N)n1. The van der Waals surface area contributed by atoms with Crippen LogP contribution in [-0.4, -0.2) is 105 Å². The first-order chi connectivity index (χ1) is 52.0. The third-order valence-corrected chi connectivity index (χ3v) is 17.5. The molecule has 29 nitrogen and oxygen atoms in total. The largest absolute Gasteiger partial charge is 0.451 e. The second kappa shape index (κ2) is 38.4. The summed E-state index contributed by atoms with van der Waals surface area (Å²) in [7, 11) is 0. The van der Waals surface area contributed by atoms with E-state index in [9.17, 15) is 10.2 Å². The zero-order valence-corrected chi connectivity index (χ0v) is 66.9. The van der Waals surface area contributed by atoms with Gasteiger partial charge in [0.05, 0.1) is 73.0 Å². The lowest BCUT2D eigenvalue weighted by Gasteiger charge is -2.21. The Balaban J connectivity index is 0.000000173. The summed E-state index contributed by atoms with van der Waals surface area (Å²) in [5.74, 6) is 11.9. The summed E-state index contributed by atoms with van der Waals surface area (Å²) in [5.41, 5.74) is 38.4. The van der Waals surface area contributed by atoms with Crippen LogP contribution in [0.15, 0.2) is 92.3 Å². The highest BCUT2D eigenvalue weighted by molar-refractivity contribution is 5.53. The summed E-state index contributed by atoms with van der Waals surface area (Å²) in [6.45, 7) is 41.7. The van der Waals surface area contributed by atoms with Crippen molar-refractivity contribution < 1.29 is 43.4 Å². The zero-order chi connectivity index (χ0) is 80.4. The average molecular weight is 1510 g/mol. The van der Waals surface area contributed by atoms with E-state index in [2.05, 4.69) is 137 Å². The van der Waals surface area contributed by atoms with E-state index >= 15 is 0 Å². The molecular weight excluding hydrogens is 1400 g/mol. The van der Waals surface area contributed by atoms with Crippen LogP contribution in [0.25, 0.3) is 0 Å². The molecule has 2 saturated heterocycles. The Hall–Kier alpha value is -11.0. The van der Waals surface area contributed by atoms with Gasteiger partial charge in [-0.1, -0.05) is 90.0 Å². The average Bonchev–Trinajstić information content (AvgIpc) is 1.43. The highest BCUT2D eigenvalue weighted by Crippen LogP contribution is 2.41. The first-order valence-electron chi connectivity index (χ1n) is 36.9. The highest BCUT2D eigenvalue weighted by Gasteiger charge is 2.26. The Morgan fingerprint density at radius 2 is 0.664 bits per heavy atom. The first kappa shape index (κ1) is 84.6. The number of rotatable bonds is 19. The molecule has 2 fully saturated rings. The standard InChI is InChI=1S/2C17H22N4O2.C17H24N4O.2C15H20N4O2/c1-10(2)13-7-20-14(12-4-5-22-9-12)6-15(13)23-16-8-19-11(3)21-17(16)18;1-10(2)12-8-20-13(14-5-4-6-22-14)7-15(12)23-16-9-19-11(3)21-17(16)18;1-10(2)12-8-20-15(17(4,5)6)7-13(12)22-14-9-19-11(3)21-16(14)18;2*1-8(2)11-6-18-12(9(3)20)5-13(11)21-14-7-17-10(4)19-15(14)16/h6-8,10,12H,4-5,9H2,1-3H3,(H2,18,19,21);7-10,14H,4-6H2,1-3H3,(H2,18,19,21);7-10H,1-6H3,(H2,18,19,21);2*5-9,20H,1-4H3,(H2,16,17,19)/t;;;2*9-/m...10/s1. The van der Waals surface area contributed by atoms with Crippen LogP contribution in [0.2, 0.25) is 0 Å². The third kappa shape index (κ3) is 23.5. The lowest BCUT2D eigenvalue weighted by atomic mass is 9.90. The van der Waals surface area contributed by atoms with Crippen molar-refractivity contribution in [3.8, 4) is 57.5 Å². The molecule has 12 rings (SSSR count). The lowest BCUT2D eigenvalue weighted by molar-refractivity contribution is 0.108. The molecule has 12 heterocycles. The van der Waals surface area contributed by atoms with E-state index < -0.39 is 12.2 Å². The van der Waals surface area contributed by atoms with E-state index in [-0.39, 0.29) is 40.9 Å². The van der Waals surface area contributed by atoms with Gasteiger partial charge in [0, 0.05) is 125 Å². The van der Waals surface area contributed by atoms with Gasteiger partial charge in [-0.15, -0.1) is 0 Å². The van der Waals surface area contributed by atoms with E-state index in [0.717, 1.165) is 94.6 Å². The maximum atomic E-state index is 9.67. The van der Waals surface area contributed by atoms with Crippen molar-refractivity contribution in [1.29, 1.82) is 0 Å². The van der Waals surface area contributed by atoms with Crippen LogP contribution in [0.1, 0.15) is 262 Å². The maximum absolute atomic E-state index is 9.67. The summed E-state index contributed by atoms with van der Waals surface area (Å²) in [5, 5.41) is 19.3. The normalized spacial score (nSPS) is 14.5. The molecule has 0 amide bonds. The molecule has 0 aliphatic carbocycles. The van der Waals surface area contributed by atoms with Gasteiger partial charge < -0.3 is 72.0 Å². The minimum atomic E-state index is -0.667. The van der Waals surface area contributed by atoms with Gasteiger partial charge >= 0.3 is 0 Å². The molecule has 10 aromatic heterocycles. The van der Waals surface area contributed by atoms with Gasteiger partial charge in [0.25, 0.3) is 0 Å². The Morgan fingerprint density at radius 3 is 0.945 bits per heavy atom. The van der Waals surface area contributed by atoms with Crippen molar-refractivity contribution >= 4 is 29.1 Å². The fraction of sp³-hybridized carbons (Fsp3) is 0.444. The second-order valence-corrected chi connectivity index (χ2v) is 29.5. The molecule has 0 bridgehead atoms. The predicted octanol–water partition coefficient (Wildman–Crippen LogP) is 16.1.